The van der Waals surface area contributed by atoms with E-state index >= 15 is 0 Å². The SMILES string of the molecule is CCCCCc1ccc(C(=O)N(CCN2CCCC2)CC(=O)Nc2cc(C)on2)cc1. The maximum absolute atomic E-state index is 13.2. The largest absolute Gasteiger partial charge is 0.360 e. The number of hydrogen-bond acceptors (Lipinski definition) is 5. The molecular weight excluding hydrogens is 392 g/mol. The van der Waals surface area contributed by atoms with Gasteiger partial charge in [-0.3, -0.25) is 9.59 Å². The van der Waals surface area contributed by atoms with E-state index in [2.05, 4.69) is 22.3 Å². The lowest BCUT2D eigenvalue weighted by molar-refractivity contribution is -0.117. The second-order valence-electron chi connectivity index (χ2n) is 8.30. The van der Waals surface area contributed by atoms with E-state index in [9.17, 15) is 9.59 Å². The van der Waals surface area contributed by atoms with Crippen molar-refractivity contribution in [3.8, 4) is 0 Å². The molecule has 1 aliphatic rings. The van der Waals surface area contributed by atoms with Gasteiger partial charge in [0.25, 0.3) is 5.91 Å². The normalized spacial score (nSPS) is 14.0. The molecule has 0 unspecified atom stereocenters. The van der Waals surface area contributed by atoms with Crippen molar-refractivity contribution in [3.05, 3.63) is 47.2 Å². The number of rotatable bonds is 11. The minimum atomic E-state index is -0.278. The highest BCUT2D eigenvalue weighted by molar-refractivity contribution is 5.99. The number of nitrogens with one attached hydrogen (secondary N) is 1. The Hall–Kier alpha value is -2.67. The zero-order valence-electron chi connectivity index (χ0n) is 18.7. The van der Waals surface area contributed by atoms with Crippen molar-refractivity contribution in [1.82, 2.24) is 15.0 Å². The van der Waals surface area contributed by atoms with Crippen LogP contribution in [0.15, 0.2) is 34.9 Å². The third-order valence-electron chi connectivity index (χ3n) is 5.67. The number of nitrogens with zero attached hydrogens (tertiary/aromatic N) is 3. The molecule has 0 bridgehead atoms. The number of likely N-dealkylation sites (tertiary alicyclic amines) is 1. The third-order valence-corrected chi connectivity index (χ3v) is 5.67. The van der Waals surface area contributed by atoms with Crippen LogP contribution in [0.25, 0.3) is 0 Å². The van der Waals surface area contributed by atoms with Gasteiger partial charge in [-0.1, -0.05) is 37.1 Å². The molecule has 0 spiro atoms. The molecule has 31 heavy (non-hydrogen) atoms. The third kappa shape index (κ3) is 7.21. The number of amides is 2. The Kier molecular flexibility index (Phi) is 8.64. The highest BCUT2D eigenvalue weighted by atomic mass is 16.5. The predicted octanol–water partition coefficient (Wildman–Crippen LogP) is 3.89. The Labute approximate surface area is 184 Å². The average Bonchev–Trinajstić information content (AvgIpc) is 3.43. The lowest BCUT2D eigenvalue weighted by Gasteiger charge is -2.25. The maximum Gasteiger partial charge on any atom is 0.254 e. The molecule has 2 heterocycles. The zero-order chi connectivity index (χ0) is 22.1. The summed E-state index contributed by atoms with van der Waals surface area (Å²) in [5, 5.41) is 6.51. The van der Waals surface area contributed by atoms with Crippen molar-refractivity contribution in [3.63, 3.8) is 0 Å². The van der Waals surface area contributed by atoms with Crippen LogP contribution in [0.3, 0.4) is 0 Å². The summed E-state index contributed by atoms with van der Waals surface area (Å²) in [4.78, 5) is 29.7. The Morgan fingerprint density at radius 2 is 1.90 bits per heavy atom. The van der Waals surface area contributed by atoms with E-state index in [1.54, 1.807) is 17.9 Å². The second kappa shape index (κ2) is 11.6. The standard InChI is InChI=1S/C24H34N4O3/c1-3-4-5-8-20-9-11-21(12-10-20)24(30)28(16-15-27-13-6-7-14-27)18-23(29)25-22-17-19(2)31-26-22/h9-12,17H,3-8,13-16,18H2,1-2H3,(H,25,26,29). The van der Waals surface area contributed by atoms with E-state index < -0.39 is 0 Å². The molecule has 7 nitrogen and oxygen atoms in total. The minimum absolute atomic E-state index is 0.0170. The van der Waals surface area contributed by atoms with Crippen molar-refractivity contribution in [2.24, 2.45) is 0 Å². The fourth-order valence-electron chi connectivity index (χ4n) is 3.88. The van der Waals surface area contributed by atoms with Gasteiger partial charge in [0.15, 0.2) is 5.82 Å². The number of anilines is 1. The van der Waals surface area contributed by atoms with Gasteiger partial charge in [-0.25, -0.2) is 0 Å². The molecule has 1 fully saturated rings. The molecule has 0 radical (unpaired) electrons. The minimum Gasteiger partial charge on any atom is -0.360 e. The topological polar surface area (TPSA) is 78.7 Å². The summed E-state index contributed by atoms with van der Waals surface area (Å²) in [5.41, 5.74) is 1.86. The van der Waals surface area contributed by atoms with Crippen LogP contribution in [0.2, 0.25) is 0 Å². The summed E-state index contributed by atoms with van der Waals surface area (Å²) in [6, 6.07) is 9.47. The molecule has 168 valence electrons. The van der Waals surface area contributed by atoms with E-state index in [0.717, 1.165) is 32.5 Å². The number of unbranched alkanes of at least 4 members (excludes halogenated alkanes) is 2. The molecule has 1 N–H and O–H groups in total. The second-order valence-corrected chi connectivity index (χ2v) is 8.30. The van der Waals surface area contributed by atoms with Crippen molar-refractivity contribution in [2.45, 2.75) is 52.4 Å². The van der Waals surface area contributed by atoms with E-state index in [4.69, 9.17) is 4.52 Å². The number of aryl methyl sites for hydroxylation is 2. The van der Waals surface area contributed by atoms with Crippen molar-refractivity contribution in [2.75, 3.05) is 38.0 Å². The molecule has 1 aromatic carbocycles. The molecule has 1 saturated heterocycles. The van der Waals surface area contributed by atoms with E-state index in [0.29, 0.717) is 23.7 Å². The van der Waals surface area contributed by atoms with Crippen molar-refractivity contribution < 1.29 is 14.1 Å². The fourth-order valence-corrected chi connectivity index (χ4v) is 3.88. The molecule has 2 aromatic rings. The highest BCUT2D eigenvalue weighted by Crippen LogP contribution is 2.13. The van der Waals surface area contributed by atoms with E-state index in [1.807, 2.05) is 24.3 Å². The number of hydrogen-bond donors (Lipinski definition) is 1. The summed E-state index contributed by atoms with van der Waals surface area (Å²) < 4.78 is 5.00. The Balaban J connectivity index is 1.63. The fraction of sp³-hybridized carbons (Fsp3) is 0.542. The number of aromatic nitrogens is 1. The smallest absolute Gasteiger partial charge is 0.254 e. The monoisotopic (exact) mass is 426 g/mol. The van der Waals surface area contributed by atoms with Gasteiger partial charge >= 0.3 is 0 Å². The number of benzene rings is 1. The van der Waals surface area contributed by atoms with E-state index in [1.165, 1.54) is 31.2 Å². The van der Waals surface area contributed by atoms with Gasteiger partial charge in [-0.05, 0) is 63.4 Å². The van der Waals surface area contributed by atoms with Crippen LogP contribution < -0.4 is 5.32 Å². The number of carbonyl (C=O) groups is 2. The molecule has 0 saturated carbocycles. The van der Waals surface area contributed by atoms with Crippen LogP contribution in [0, 0.1) is 6.92 Å². The van der Waals surface area contributed by atoms with Gasteiger partial charge in [0.05, 0.1) is 0 Å². The summed E-state index contributed by atoms with van der Waals surface area (Å²) in [5.74, 6) is 0.590. The Bertz CT molecular complexity index is 841. The first-order chi connectivity index (χ1) is 15.0. The summed E-state index contributed by atoms with van der Waals surface area (Å²) in [6.07, 6.45) is 6.98. The molecule has 0 aliphatic carbocycles. The predicted molar refractivity (Wildman–Crippen MR) is 121 cm³/mol. The molecule has 7 heteroatoms. The lowest BCUT2D eigenvalue weighted by atomic mass is 10.0. The summed E-state index contributed by atoms with van der Waals surface area (Å²) >= 11 is 0. The quantitative estimate of drug-likeness (QED) is 0.552. The van der Waals surface area contributed by atoms with Crippen LogP contribution in [0.5, 0.6) is 0 Å². The van der Waals surface area contributed by atoms with Gasteiger partial charge in [0, 0.05) is 24.7 Å². The van der Waals surface area contributed by atoms with E-state index in [-0.39, 0.29) is 18.4 Å². The molecule has 1 aliphatic heterocycles. The van der Waals surface area contributed by atoms with Gasteiger partial charge in [0.2, 0.25) is 5.91 Å². The van der Waals surface area contributed by atoms with Crippen LogP contribution in [-0.4, -0.2) is 59.5 Å². The Morgan fingerprint density at radius 1 is 1.16 bits per heavy atom. The van der Waals surface area contributed by atoms with Crippen LogP contribution in [0.4, 0.5) is 5.82 Å². The first kappa shape index (κ1) is 23.0. The molecular formula is C24H34N4O3. The maximum atomic E-state index is 13.2. The molecule has 1 aromatic heterocycles. The molecule has 0 atom stereocenters. The molecule has 3 rings (SSSR count). The first-order valence-corrected chi connectivity index (χ1v) is 11.4. The highest BCUT2D eigenvalue weighted by Gasteiger charge is 2.21. The average molecular weight is 427 g/mol. The zero-order valence-corrected chi connectivity index (χ0v) is 18.7. The number of carbonyl (C=O) groups excluding carboxylic acids is 2. The first-order valence-electron chi connectivity index (χ1n) is 11.4. The van der Waals surface area contributed by atoms with Crippen LogP contribution in [-0.2, 0) is 11.2 Å². The van der Waals surface area contributed by atoms with Crippen LogP contribution >= 0.6 is 0 Å². The Morgan fingerprint density at radius 3 is 2.55 bits per heavy atom. The van der Waals surface area contributed by atoms with Crippen molar-refractivity contribution in [1.29, 1.82) is 0 Å². The molecule has 2 amide bonds. The van der Waals surface area contributed by atoms with Gasteiger partial charge < -0.3 is 19.6 Å². The van der Waals surface area contributed by atoms with Gasteiger partial charge in [-0.15, -0.1) is 0 Å². The van der Waals surface area contributed by atoms with Crippen LogP contribution in [0.1, 0.15) is 60.7 Å². The summed E-state index contributed by atoms with van der Waals surface area (Å²) in [6.45, 7) is 7.34. The lowest BCUT2D eigenvalue weighted by Crippen LogP contribution is -2.42. The van der Waals surface area contributed by atoms with Gasteiger partial charge in [-0.2, -0.15) is 0 Å². The summed E-state index contributed by atoms with van der Waals surface area (Å²) in [7, 11) is 0. The van der Waals surface area contributed by atoms with Gasteiger partial charge in [0.1, 0.15) is 12.3 Å². The van der Waals surface area contributed by atoms with Crippen molar-refractivity contribution >= 4 is 17.6 Å².